The Morgan fingerprint density at radius 3 is 2.93 bits per heavy atom. The number of nitrogens with zero attached hydrogens (tertiary/aromatic N) is 3. The van der Waals surface area contributed by atoms with Gasteiger partial charge in [-0.25, -0.2) is 0 Å². The first kappa shape index (κ1) is 19.1. The van der Waals surface area contributed by atoms with Gasteiger partial charge in [-0.1, -0.05) is 18.7 Å². The normalized spacial score (nSPS) is 19.0. The van der Waals surface area contributed by atoms with Crippen molar-refractivity contribution >= 4 is 16.9 Å². The lowest BCUT2D eigenvalue weighted by atomic mass is 9.98. The number of rotatable bonds is 5. The number of fused-ring (bicyclic) bond motifs is 1. The van der Waals surface area contributed by atoms with E-state index in [0.29, 0.717) is 30.1 Å². The van der Waals surface area contributed by atoms with Crippen molar-refractivity contribution < 1.29 is 14.6 Å². The average Bonchev–Trinajstić information content (AvgIpc) is 3.29. The second kappa shape index (κ2) is 7.67. The zero-order valence-electron chi connectivity index (χ0n) is 16.6. The highest BCUT2D eigenvalue weighted by molar-refractivity contribution is 5.88. The van der Waals surface area contributed by atoms with Gasteiger partial charge in [0.1, 0.15) is 5.75 Å². The molecular formula is C22H24N4O3. The van der Waals surface area contributed by atoms with E-state index in [9.17, 15) is 9.90 Å². The van der Waals surface area contributed by atoms with Crippen LogP contribution in [0.3, 0.4) is 0 Å². The van der Waals surface area contributed by atoms with E-state index >= 15 is 0 Å². The summed E-state index contributed by atoms with van der Waals surface area (Å²) in [7, 11) is 1.65. The predicted molar refractivity (Wildman–Crippen MR) is 111 cm³/mol. The van der Waals surface area contributed by atoms with Crippen LogP contribution in [0.2, 0.25) is 0 Å². The van der Waals surface area contributed by atoms with Crippen LogP contribution in [-0.4, -0.2) is 57.4 Å². The summed E-state index contributed by atoms with van der Waals surface area (Å²) in [5.41, 5.74) is 4.11. The number of hydrogen-bond acceptors (Lipinski definition) is 5. The topological polar surface area (TPSA) is 91.3 Å². The Labute approximate surface area is 169 Å². The minimum atomic E-state index is -0.0788. The molecule has 150 valence electrons. The summed E-state index contributed by atoms with van der Waals surface area (Å²) in [5, 5.41) is 19.7. The number of benzene rings is 1. The first-order valence-electron chi connectivity index (χ1n) is 9.59. The van der Waals surface area contributed by atoms with Gasteiger partial charge < -0.3 is 19.7 Å². The van der Waals surface area contributed by atoms with Gasteiger partial charge >= 0.3 is 0 Å². The van der Waals surface area contributed by atoms with Crippen molar-refractivity contribution in [2.24, 2.45) is 0 Å². The first-order chi connectivity index (χ1) is 14.0. The second-order valence-corrected chi connectivity index (χ2v) is 7.41. The molecule has 2 N–H and O–H groups in total. The molecule has 3 heterocycles. The molecule has 1 aliphatic heterocycles. The third kappa shape index (κ3) is 3.38. The van der Waals surface area contributed by atoms with E-state index in [1.54, 1.807) is 19.2 Å². The number of aromatic nitrogens is 3. The SMILES string of the molecule is C=CC(=O)N1CC(c2[nH]c3nnc(-c4ccccc4O)cc3c2C)CC1COC. The number of carbonyl (C=O) groups excluding carboxylic acids is 1. The fourth-order valence-corrected chi connectivity index (χ4v) is 4.23. The monoisotopic (exact) mass is 392 g/mol. The van der Waals surface area contributed by atoms with Crippen molar-refractivity contribution in [3.8, 4) is 17.0 Å². The van der Waals surface area contributed by atoms with E-state index in [4.69, 9.17) is 4.74 Å². The third-order valence-corrected chi connectivity index (χ3v) is 5.67. The Bertz CT molecular complexity index is 1080. The van der Waals surface area contributed by atoms with E-state index in [-0.39, 0.29) is 23.6 Å². The number of carbonyl (C=O) groups is 1. The summed E-state index contributed by atoms with van der Waals surface area (Å²) in [6, 6.07) is 9.05. The van der Waals surface area contributed by atoms with Gasteiger partial charge in [-0.3, -0.25) is 4.79 Å². The molecule has 2 atom stereocenters. The number of amides is 1. The number of phenolic OH excluding ortho intramolecular Hbond substituents is 1. The molecule has 1 fully saturated rings. The molecule has 1 saturated heterocycles. The Hall–Kier alpha value is -3.19. The number of H-pyrrole nitrogens is 1. The van der Waals surface area contributed by atoms with Crippen LogP contribution >= 0.6 is 0 Å². The highest BCUT2D eigenvalue weighted by atomic mass is 16.5. The predicted octanol–water partition coefficient (Wildman–Crippen LogP) is 3.16. The molecule has 1 amide bonds. The van der Waals surface area contributed by atoms with E-state index in [1.165, 1.54) is 6.08 Å². The van der Waals surface area contributed by atoms with Crippen LogP contribution in [0.25, 0.3) is 22.3 Å². The fraction of sp³-hybridized carbons (Fsp3) is 0.318. The van der Waals surface area contributed by atoms with E-state index < -0.39 is 0 Å². The third-order valence-electron chi connectivity index (χ3n) is 5.67. The standard InChI is InChI=1S/C22H24N4O3/c1-4-20(28)26-11-14(9-15(26)12-29-3)21-13(2)17-10-18(24-25-22(17)23-21)16-7-5-6-8-19(16)27/h4-8,10,14-15,27H,1,9,11-12H2,2-3H3,(H,23,25). The highest BCUT2D eigenvalue weighted by Crippen LogP contribution is 2.37. The molecule has 1 aliphatic rings. The largest absolute Gasteiger partial charge is 0.507 e. The molecule has 2 aromatic heterocycles. The van der Waals surface area contributed by atoms with Crippen molar-refractivity contribution in [1.29, 1.82) is 0 Å². The molecule has 1 aromatic carbocycles. The highest BCUT2D eigenvalue weighted by Gasteiger charge is 2.36. The number of likely N-dealkylation sites (tertiary alicyclic amines) is 1. The van der Waals surface area contributed by atoms with Gasteiger partial charge in [0, 0.05) is 36.2 Å². The molecule has 29 heavy (non-hydrogen) atoms. The summed E-state index contributed by atoms with van der Waals surface area (Å²) in [4.78, 5) is 17.5. The van der Waals surface area contributed by atoms with Crippen LogP contribution in [0, 0.1) is 6.92 Å². The molecule has 0 saturated carbocycles. The molecule has 0 radical (unpaired) electrons. The van der Waals surface area contributed by atoms with Gasteiger partial charge in [-0.2, -0.15) is 0 Å². The van der Waals surface area contributed by atoms with Crippen LogP contribution in [0.5, 0.6) is 5.75 Å². The number of phenols is 1. The van der Waals surface area contributed by atoms with Gasteiger partial charge in [-0.05, 0) is 43.2 Å². The van der Waals surface area contributed by atoms with Crippen LogP contribution in [0.15, 0.2) is 43.0 Å². The van der Waals surface area contributed by atoms with Crippen molar-refractivity contribution in [3.63, 3.8) is 0 Å². The summed E-state index contributed by atoms with van der Waals surface area (Å²) >= 11 is 0. The Morgan fingerprint density at radius 2 is 2.21 bits per heavy atom. The van der Waals surface area contributed by atoms with Crippen LogP contribution in [0.1, 0.15) is 23.6 Å². The lowest BCUT2D eigenvalue weighted by Crippen LogP contribution is -2.37. The Balaban J connectivity index is 1.70. The minimum absolute atomic E-state index is 0.0178. The summed E-state index contributed by atoms with van der Waals surface area (Å²) in [5.74, 6) is 0.248. The maximum absolute atomic E-state index is 12.3. The number of nitrogens with one attached hydrogen (secondary N) is 1. The molecule has 3 aromatic rings. The Morgan fingerprint density at radius 1 is 1.41 bits per heavy atom. The van der Waals surface area contributed by atoms with E-state index in [0.717, 1.165) is 23.1 Å². The number of aryl methyl sites for hydroxylation is 1. The summed E-state index contributed by atoms with van der Waals surface area (Å²) in [6.07, 6.45) is 2.16. The van der Waals surface area contributed by atoms with Crippen LogP contribution < -0.4 is 0 Å². The number of hydrogen-bond donors (Lipinski definition) is 2. The molecule has 0 aliphatic carbocycles. The lowest BCUT2D eigenvalue weighted by molar-refractivity contribution is -0.127. The number of para-hydroxylation sites is 1. The number of methoxy groups -OCH3 is 1. The number of aromatic hydroxyl groups is 1. The lowest BCUT2D eigenvalue weighted by Gasteiger charge is -2.22. The quantitative estimate of drug-likeness (QED) is 0.651. The zero-order valence-corrected chi connectivity index (χ0v) is 16.6. The van der Waals surface area contributed by atoms with Crippen molar-refractivity contribution in [3.05, 3.63) is 54.2 Å². The van der Waals surface area contributed by atoms with Crippen molar-refractivity contribution in [2.75, 3.05) is 20.3 Å². The van der Waals surface area contributed by atoms with Gasteiger partial charge in [0.25, 0.3) is 0 Å². The van der Waals surface area contributed by atoms with Crippen molar-refractivity contribution in [1.82, 2.24) is 20.1 Å². The molecule has 2 unspecified atom stereocenters. The number of ether oxygens (including phenoxy) is 1. The maximum atomic E-state index is 12.3. The van der Waals surface area contributed by atoms with Crippen LogP contribution in [-0.2, 0) is 9.53 Å². The van der Waals surface area contributed by atoms with E-state index in [1.807, 2.05) is 30.0 Å². The second-order valence-electron chi connectivity index (χ2n) is 7.41. The molecule has 7 nitrogen and oxygen atoms in total. The van der Waals surface area contributed by atoms with Gasteiger partial charge in [-0.15, -0.1) is 10.2 Å². The molecule has 7 heteroatoms. The van der Waals surface area contributed by atoms with Gasteiger partial charge in [0.15, 0.2) is 5.65 Å². The van der Waals surface area contributed by atoms with Gasteiger partial charge in [0.2, 0.25) is 5.91 Å². The number of aromatic amines is 1. The zero-order chi connectivity index (χ0) is 20.5. The smallest absolute Gasteiger partial charge is 0.246 e. The first-order valence-corrected chi connectivity index (χ1v) is 9.59. The Kier molecular flexibility index (Phi) is 5.07. The molecular weight excluding hydrogens is 368 g/mol. The maximum Gasteiger partial charge on any atom is 0.246 e. The summed E-state index contributed by atoms with van der Waals surface area (Å²) < 4.78 is 5.32. The van der Waals surface area contributed by atoms with Crippen molar-refractivity contribution in [2.45, 2.75) is 25.3 Å². The molecule has 4 rings (SSSR count). The average molecular weight is 392 g/mol. The minimum Gasteiger partial charge on any atom is -0.507 e. The molecule has 0 bridgehead atoms. The fourth-order valence-electron chi connectivity index (χ4n) is 4.23. The van der Waals surface area contributed by atoms with Crippen LogP contribution in [0.4, 0.5) is 0 Å². The van der Waals surface area contributed by atoms with Gasteiger partial charge in [0.05, 0.1) is 18.3 Å². The van der Waals surface area contributed by atoms with E-state index in [2.05, 4.69) is 21.8 Å². The molecule has 0 spiro atoms. The summed E-state index contributed by atoms with van der Waals surface area (Å²) in [6.45, 7) is 6.76.